The van der Waals surface area contributed by atoms with Gasteiger partial charge in [0, 0.05) is 11.9 Å². The monoisotopic (exact) mass is 261 g/mol. The lowest BCUT2D eigenvalue weighted by Crippen LogP contribution is -2.26. The first-order valence-corrected chi connectivity index (χ1v) is 6.58. The van der Waals surface area contributed by atoms with Gasteiger partial charge in [-0.25, -0.2) is 4.98 Å². The molecule has 3 N–H and O–H groups in total. The molecule has 1 heterocycles. The summed E-state index contributed by atoms with van der Waals surface area (Å²) in [6.45, 7) is 2.67. The summed E-state index contributed by atoms with van der Waals surface area (Å²) in [7, 11) is 0. The van der Waals surface area contributed by atoms with Crippen LogP contribution in [0.5, 0.6) is 0 Å². The molecule has 5 heteroatoms. The normalized spacial score (nSPS) is 10.3. The highest BCUT2D eigenvalue weighted by Crippen LogP contribution is 2.11. The van der Waals surface area contributed by atoms with E-state index in [2.05, 4.69) is 29.4 Å². The van der Waals surface area contributed by atoms with Gasteiger partial charge in [0.15, 0.2) is 5.13 Å². The maximum absolute atomic E-state index is 11.7. The summed E-state index contributed by atoms with van der Waals surface area (Å²) in [5.74, 6) is -0.170. The Labute approximate surface area is 110 Å². The fourth-order valence-electron chi connectivity index (χ4n) is 1.68. The van der Waals surface area contributed by atoms with Crippen LogP contribution in [0.2, 0.25) is 0 Å². The zero-order chi connectivity index (χ0) is 13.0. The lowest BCUT2D eigenvalue weighted by molar-refractivity contribution is 0.0950. The molecule has 0 aliphatic carbocycles. The topological polar surface area (TPSA) is 68.0 Å². The van der Waals surface area contributed by atoms with Crippen LogP contribution in [0.25, 0.3) is 0 Å². The standard InChI is InChI=1S/C13H15N3OS/c1-9-4-2-3-5-10(9)6-7-15-12(17)11-8-18-13(14)16-11/h2-5,8H,6-7H2,1H3,(H2,14,16)(H,15,17). The van der Waals surface area contributed by atoms with Crippen LogP contribution in [0, 0.1) is 6.92 Å². The number of nitrogens with zero attached hydrogens (tertiary/aromatic N) is 1. The molecule has 2 rings (SSSR count). The number of hydrogen-bond donors (Lipinski definition) is 2. The fourth-order valence-corrected chi connectivity index (χ4v) is 2.23. The molecule has 4 nitrogen and oxygen atoms in total. The second kappa shape index (κ2) is 5.64. The van der Waals surface area contributed by atoms with E-state index in [4.69, 9.17) is 5.73 Å². The van der Waals surface area contributed by atoms with Crippen molar-refractivity contribution in [3.8, 4) is 0 Å². The van der Waals surface area contributed by atoms with Gasteiger partial charge in [-0.15, -0.1) is 11.3 Å². The van der Waals surface area contributed by atoms with Crippen molar-refractivity contribution in [2.45, 2.75) is 13.3 Å². The minimum atomic E-state index is -0.170. The van der Waals surface area contributed by atoms with Crippen molar-refractivity contribution in [3.63, 3.8) is 0 Å². The van der Waals surface area contributed by atoms with Crippen molar-refractivity contribution in [2.24, 2.45) is 0 Å². The molecule has 94 valence electrons. The van der Waals surface area contributed by atoms with Crippen LogP contribution >= 0.6 is 11.3 Å². The van der Waals surface area contributed by atoms with E-state index in [1.165, 1.54) is 22.5 Å². The van der Waals surface area contributed by atoms with Crippen molar-refractivity contribution in [1.82, 2.24) is 10.3 Å². The van der Waals surface area contributed by atoms with E-state index in [0.717, 1.165) is 6.42 Å². The lowest BCUT2D eigenvalue weighted by Gasteiger charge is -2.06. The SMILES string of the molecule is Cc1ccccc1CCNC(=O)c1csc(N)n1. The number of carbonyl (C=O) groups is 1. The average Bonchev–Trinajstić information content (AvgIpc) is 2.78. The summed E-state index contributed by atoms with van der Waals surface area (Å²) < 4.78 is 0. The number of carbonyl (C=O) groups excluding carboxylic acids is 1. The molecule has 1 aromatic heterocycles. The molecular weight excluding hydrogens is 246 g/mol. The van der Waals surface area contributed by atoms with Gasteiger partial charge in [-0.05, 0) is 24.5 Å². The van der Waals surface area contributed by atoms with Crippen LogP contribution in [0.1, 0.15) is 21.6 Å². The van der Waals surface area contributed by atoms with Gasteiger partial charge >= 0.3 is 0 Å². The zero-order valence-corrected chi connectivity index (χ0v) is 11.0. The van der Waals surface area contributed by atoms with Crippen LogP contribution in [0.15, 0.2) is 29.6 Å². The van der Waals surface area contributed by atoms with Crippen LogP contribution in [0.3, 0.4) is 0 Å². The molecule has 0 aliphatic rings. The number of aromatic nitrogens is 1. The number of aryl methyl sites for hydroxylation is 1. The summed E-state index contributed by atoms with van der Waals surface area (Å²) in [5, 5.41) is 4.92. The Morgan fingerprint density at radius 2 is 2.22 bits per heavy atom. The predicted molar refractivity (Wildman–Crippen MR) is 73.7 cm³/mol. The number of anilines is 1. The van der Waals surface area contributed by atoms with E-state index in [0.29, 0.717) is 17.4 Å². The van der Waals surface area contributed by atoms with Gasteiger partial charge in [0.25, 0.3) is 5.91 Å². The second-order valence-corrected chi connectivity index (χ2v) is 4.89. The number of benzene rings is 1. The van der Waals surface area contributed by atoms with E-state index in [9.17, 15) is 4.79 Å². The molecule has 0 radical (unpaired) electrons. The maximum atomic E-state index is 11.7. The van der Waals surface area contributed by atoms with Crippen molar-refractivity contribution >= 4 is 22.4 Å². The molecule has 0 fully saturated rings. The van der Waals surface area contributed by atoms with Crippen molar-refractivity contribution < 1.29 is 4.79 Å². The molecule has 2 aromatic rings. The maximum Gasteiger partial charge on any atom is 0.270 e. The molecule has 0 spiro atoms. The van der Waals surface area contributed by atoms with Crippen LogP contribution in [0.4, 0.5) is 5.13 Å². The van der Waals surface area contributed by atoms with Crippen molar-refractivity contribution in [1.29, 1.82) is 0 Å². The highest BCUT2D eigenvalue weighted by atomic mass is 32.1. The molecular formula is C13H15N3OS. The molecule has 0 aliphatic heterocycles. The summed E-state index contributed by atoms with van der Waals surface area (Å²) >= 11 is 1.27. The first-order chi connectivity index (χ1) is 8.66. The Bertz CT molecular complexity index is 551. The highest BCUT2D eigenvalue weighted by molar-refractivity contribution is 7.13. The molecule has 0 saturated heterocycles. The number of nitrogens with two attached hydrogens (primary N) is 1. The van der Waals surface area contributed by atoms with Gasteiger partial charge in [0.05, 0.1) is 0 Å². The van der Waals surface area contributed by atoms with E-state index in [1.54, 1.807) is 5.38 Å². The molecule has 18 heavy (non-hydrogen) atoms. The third kappa shape index (κ3) is 3.07. The Hall–Kier alpha value is -1.88. The third-order valence-electron chi connectivity index (χ3n) is 2.70. The van der Waals surface area contributed by atoms with Gasteiger partial charge in [-0.3, -0.25) is 4.79 Å². The van der Waals surface area contributed by atoms with Gasteiger partial charge < -0.3 is 11.1 Å². The van der Waals surface area contributed by atoms with Gasteiger partial charge in [0.1, 0.15) is 5.69 Å². The van der Waals surface area contributed by atoms with E-state index >= 15 is 0 Å². The minimum absolute atomic E-state index is 0.170. The fraction of sp³-hybridized carbons (Fsp3) is 0.231. The molecule has 0 atom stereocenters. The van der Waals surface area contributed by atoms with E-state index < -0.39 is 0 Å². The number of amides is 1. The molecule has 1 aromatic carbocycles. The average molecular weight is 261 g/mol. The first kappa shape index (κ1) is 12.6. The van der Waals surface area contributed by atoms with Crippen LogP contribution < -0.4 is 11.1 Å². The van der Waals surface area contributed by atoms with Crippen molar-refractivity contribution in [2.75, 3.05) is 12.3 Å². The Balaban J connectivity index is 1.86. The van der Waals surface area contributed by atoms with Gasteiger partial charge in [-0.1, -0.05) is 24.3 Å². The first-order valence-electron chi connectivity index (χ1n) is 5.70. The largest absolute Gasteiger partial charge is 0.375 e. The molecule has 0 unspecified atom stereocenters. The van der Waals surface area contributed by atoms with Crippen molar-refractivity contribution in [3.05, 3.63) is 46.5 Å². The van der Waals surface area contributed by atoms with Gasteiger partial charge in [0.2, 0.25) is 0 Å². The zero-order valence-electron chi connectivity index (χ0n) is 10.1. The summed E-state index contributed by atoms with van der Waals surface area (Å²) in [4.78, 5) is 15.6. The van der Waals surface area contributed by atoms with E-state index in [1.807, 2.05) is 12.1 Å². The highest BCUT2D eigenvalue weighted by Gasteiger charge is 2.08. The van der Waals surface area contributed by atoms with Crippen LogP contribution in [-0.4, -0.2) is 17.4 Å². The number of hydrogen-bond acceptors (Lipinski definition) is 4. The summed E-state index contributed by atoms with van der Waals surface area (Å²) in [5.41, 5.74) is 8.36. The Kier molecular flexibility index (Phi) is 3.94. The number of thiazole rings is 1. The molecule has 1 amide bonds. The van der Waals surface area contributed by atoms with Crippen LogP contribution in [-0.2, 0) is 6.42 Å². The van der Waals surface area contributed by atoms with E-state index in [-0.39, 0.29) is 5.91 Å². The summed E-state index contributed by atoms with van der Waals surface area (Å²) in [6, 6.07) is 8.15. The summed E-state index contributed by atoms with van der Waals surface area (Å²) in [6.07, 6.45) is 0.817. The molecule has 0 bridgehead atoms. The Morgan fingerprint density at radius 3 is 2.89 bits per heavy atom. The second-order valence-electron chi connectivity index (χ2n) is 4.00. The lowest BCUT2D eigenvalue weighted by atomic mass is 10.1. The minimum Gasteiger partial charge on any atom is -0.375 e. The smallest absolute Gasteiger partial charge is 0.270 e. The molecule has 0 saturated carbocycles. The number of nitrogen functional groups attached to an aromatic ring is 1. The number of nitrogens with one attached hydrogen (secondary N) is 1. The number of rotatable bonds is 4. The third-order valence-corrected chi connectivity index (χ3v) is 3.37. The Morgan fingerprint density at radius 1 is 1.44 bits per heavy atom. The quantitative estimate of drug-likeness (QED) is 0.884. The predicted octanol–water partition coefficient (Wildman–Crippen LogP) is 2.01. The van der Waals surface area contributed by atoms with Gasteiger partial charge in [-0.2, -0.15) is 0 Å².